The highest BCUT2D eigenvalue weighted by atomic mass is 32.2. The van der Waals surface area contributed by atoms with Crippen molar-refractivity contribution in [2.45, 2.75) is 24.7 Å². The predicted octanol–water partition coefficient (Wildman–Crippen LogP) is 3.81. The third-order valence-corrected chi connectivity index (χ3v) is 7.50. The van der Waals surface area contributed by atoms with Crippen LogP contribution in [-0.4, -0.2) is 69.4 Å². The Bertz CT molecular complexity index is 1800. The van der Waals surface area contributed by atoms with Gasteiger partial charge in [-0.1, -0.05) is 38.1 Å². The smallest absolute Gasteiger partial charge is 0.263 e. The van der Waals surface area contributed by atoms with Gasteiger partial charge in [0.15, 0.2) is 29.0 Å². The summed E-state index contributed by atoms with van der Waals surface area (Å²) >= 11 is 0. The Morgan fingerprint density at radius 3 is 2.47 bits per heavy atom. The molecule has 0 saturated carbocycles. The molecule has 3 N–H and O–H groups in total. The first-order valence-electron chi connectivity index (χ1n) is 13.1. The summed E-state index contributed by atoms with van der Waals surface area (Å²) in [5, 5.41) is 23.3. The number of sulfonamides is 1. The Morgan fingerprint density at radius 2 is 1.79 bits per heavy atom. The van der Waals surface area contributed by atoms with Crippen LogP contribution >= 0.6 is 0 Å². The van der Waals surface area contributed by atoms with Gasteiger partial charge in [-0.2, -0.15) is 4.98 Å². The second-order valence-corrected chi connectivity index (χ2v) is 11.0. The van der Waals surface area contributed by atoms with Gasteiger partial charge in [-0.15, -0.1) is 5.10 Å². The molecule has 0 bridgehead atoms. The summed E-state index contributed by atoms with van der Waals surface area (Å²) in [6.07, 6.45) is 1.50. The topological polar surface area (TPSA) is 187 Å². The van der Waals surface area contributed by atoms with Crippen LogP contribution in [0.1, 0.15) is 25.3 Å². The van der Waals surface area contributed by atoms with Gasteiger partial charge >= 0.3 is 0 Å². The van der Waals surface area contributed by atoms with Crippen LogP contribution in [0, 0.1) is 0 Å². The van der Waals surface area contributed by atoms with E-state index < -0.39 is 10.0 Å². The van der Waals surface area contributed by atoms with Crippen molar-refractivity contribution in [1.82, 2.24) is 35.6 Å². The summed E-state index contributed by atoms with van der Waals surface area (Å²) in [5.41, 5.74) is 1.82. The molecule has 0 aliphatic carbocycles. The normalized spacial score (nSPS) is 11.4. The number of pyridine rings is 1. The van der Waals surface area contributed by atoms with Crippen molar-refractivity contribution in [3.05, 3.63) is 72.4 Å². The molecule has 0 aliphatic heterocycles. The Labute approximate surface area is 247 Å². The maximum absolute atomic E-state index is 13.6. The number of hydrogen-bond acceptors (Lipinski definition) is 12. The minimum absolute atomic E-state index is 0.00231. The predicted molar refractivity (Wildman–Crippen MR) is 155 cm³/mol. The number of aliphatic hydroxyl groups excluding tert-OH is 1. The molecule has 0 spiro atoms. The molecule has 0 amide bonds. The summed E-state index contributed by atoms with van der Waals surface area (Å²) < 4.78 is 47.0. The number of aliphatic hydroxyl groups is 1. The van der Waals surface area contributed by atoms with E-state index in [2.05, 4.69) is 40.3 Å². The van der Waals surface area contributed by atoms with E-state index in [-0.39, 0.29) is 58.7 Å². The number of nitrogens with zero attached hydrogens (tertiary/aromatic N) is 6. The highest BCUT2D eigenvalue weighted by molar-refractivity contribution is 7.92. The first-order valence-corrected chi connectivity index (χ1v) is 14.6. The van der Waals surface area contributed by atoms with Gasteiger partial charge in [0.05, 0.1) is 18.6 Å². The van der Waals surface area contributed by atoms with Gasteiger partial charge in [0.1, 0.15) is 12.3 Å². The van der Waals surface area contributed by atoms with E-state index in [0.717, 1.165) is 5.56 Å². The monoisotopic (exact) mass is 604 g/mol. The highest BCUT2D eigenvalue weighted by Gasteiger charge is 2.26. The standard InChI is InChI=1S/C28H28N8O6S/c1-17(2)18-8-10-20(11-9-18)43(38,39)34-27-24(42-23-7-5-4-6-22(23)40-3)28(41-15-14-37)31-26(30-27)21-16-19(12-13-29-21)25-32-35-36-33-25/h4-13,16-17,37H,14-15H2,1-3H3,(H,30,31,34)(H,32,33,35,36). The molecule has 5 rings (SSSR count). The molecule has 0 unspecified atom stereocenters. The van der Waals surface area contributed by atoms with Crippen LogP contribution in [0.15, 0.2) is 71.8 Å². The van der Waals surface area contributed by atoms with Crippen molar-refractivity contribution in [2.75, 3.05) is 25.0 Å². The molecule has 15 heteroatoms. The number of aromatic nitrogens is 7. The van der Waals surface area contributed by atoms with Crippen molar-refractivity contribution >= 4 is 15.8 Å². The fraction of sp³-hybridized carbons (Fsp3) is 0.214. The van der Waals surface area contributed by atoms with Crippen LogP contribution in [0.2, 0.25) is 0 Å². The average molecular weight is 605 g/mol. The number of aromatic amines is 1. The van der Waals surface area contributed by atoms with Crippen LogP contribution in [0.3, 0.4) is 0 Å². The lowest BCUT2D eigenvalue weighted by molar-refractivity contribution is 0.192. The summed E-state index contributed by atoms with van der Waals surface area (Å²) in [5.74, 6) is 0.682. The van der Waals surface area contributed by atoms with E-state index in [0.29, 0.717) is 17.1 Å². The number of tetrazole rings is 1. The molecule has 5 aromatic rings. The minimum atomic E-state index is -4.17. The van der Waals surface area contributed by atoms with E-state index in [1.54, 1.807) is 48.5 Å². The first kappa shape index (κ1) is 29.3. The Morgan fingerprint density at radius 1 is 1.02 bits per heavy atom. The van der Waals surface area contributed by atoms with E-state index in [9.17, 15) is 13.5 Å². The van der Waals surface area contributed by atoms with Gasteiger partial charge in [-0.25, -0.2) is 18.5 Å². The highest BCUT2D eigenvalue weighted by Crippen LogP contribution is 2.41. The van der Waals surface area contributed by atoms with Crippen LogP contribution in [0.25, 0.3) is 22.9 Å². The van der Waals surface area contributed by atoms with E-state index >= 15 is 0 Å². The first-order chi connectivity index (χ1) is 20.8. The van der Waals surface area contributed by atoms with Crippen molar-refractivity contribution in [3.8, 4) is 46.0 Å². The maximum Gasteiger partial charge on any atom is 0.263 e. The van der Waals surface area contributed by atoms with Crippen LogP contribution in [-0.2, 0) is 10.0 Å². The number of H-pyrrole nitrogens is 1. The molecule has 2 aromatic carbocycles. The molecule has 14 nitrogen and oxygen atoms in total. The van der Waals surface area contributed by atoms with E-state index in [1.165, 1.54) is 25.4 Å². The molecular weight excluding hydrogens is 576 g/mol. The number of hydrogen-bond donors (Lipinski definition) is 3. The average Bonchev–Trinajstić information content (AvgIpc) is 3.57. The molecule has 0 aliphatic rings. The number of benzene rings is 2. The van der Waals surface area contributed by atoms with Crippen LogP contribution in [0.4, 0.5) is 5.82 Å². The fourth-order valence-corrected chi connectivity index (χ4v) is 4.96. The molecule has 0 radical (unpaired) electrons. The number of nitrogens with one attached hydrogen (secondary N) is 2. The lowest BCUT2D eigenvalue weighted by atomic mass is 10.0. The molecule has 3 aromatic heterocycles. The quantitative estimate of drug-likeness (QED) is 0.187. The number of ether oxygens (including phenoxy) is 3. The van der Waals surface area contributed by atoms with Gasteiger partial charge in [-0.05, 0) is 58.3 Å². The summed E-state index contributed by atoms with van der Waals surface area (Å²) in [7, 11) is -2.70. The van der Waals surface area contributed by atoms with Gasteiger partial charge < -0.3 is 19.3 Å². The van der Waals surface area contributed by atoms with E-state index in [4.69, 9.17) is 14.2 Å². The zero-order valence-electron chi connectivity index (χ0n) is 23.4. The zero-order valence-corrected chi connectivity index (χ0v) is 24.2. The summed E-state index contributed by atoms with van der Waals surface area (Å²) in [6, 6.07) is 16.6. The summed E-state index contributed by atoms with van der Waals surface area (Å²) in [6.45, 7) is 3.52. The second-order valence-electron chi connectivity index (χ2n) is 9.36. The molecule has 3 heterocycles. The third kappa shape index (κ3) is 6.68. The van der Waals surface area contributed by atoms with Crippen LogP contribution in [0.5, 0.6) is 23.1 Å². The Hall–Kier alpha value is -5.15. The van der Waals surface area contributed by atoms with Gasteiger partial charge in [0.25, 0.3) is 15.9 Å². The fourth-order valence-electron chi connectivity index (χ4n) is 3.96. The van der Waals surface area contributed by atoms with Crippen molar-refractivity contribution in [1.29, 1.82) is 0 Å². The van der Waals surface area contributed by atoms with Crippen LogP contribution < -0.4 is 18.9 Å². The summed E-state index contributed by atoms with van der Waals surface area (Å²) in [4.78, 5) is 13.4. The molecule has 0 atom stereocenters. The SMILES string of the molecule is COc1ccccc1Oc1c(NS(=O)(=O)c2ccc(C(C)C)cc2)nc(-c2cc(-c3nnn[nH]3)ccn2)nc1OCCO. The van der Waals surface area contributed by atoms with Gasteiger partial charge in [0.2, 0.25) is 5.75 Å². The molecule has 43 heavy (non-hydrogen) atoms. The lowest BCUT2D eigenvalue weighted by Gasteiger charge is -2.18. The van der Waals surface area contributed by atoms with Gasteiger partial charge in [0, 0.05) is 11.8 Å². The van der Waals surface area contributed by atoms with Crippen molar-refractivity contribution in [3.63, 3.8) is 0 Å². The third-order valence-electron chi connectivity index (χ3n) is 6.14. The Kier molecular flexibility index (Phi) is 8.73. The number of para-hydroxylation sites is 2. The largest absolute Gasteiger partial charge is 0.493 e. The maximum atomic E-state index is 13.6. The number of rotatable bonds is 12. The lowest BCUT2D eigenvalue weighted by Crippen LogP contribution is -2.16. The van der Waals surface area contributed by atoms with E-state index in [1.807, 2.05) is 13.8 Å². The molecule has 222 valence electrons. The van der Waals surface area contributed by atoms with Gasteiger partial charge in [-0.3, -0.25) is 9.71 Å². The zero-order chi connectivity index (χ0) is 30.4. The number of methoxy groups -OCH3 is 1. The molecular formula is C28H28N8O6S. The number of anilines is 1. The molecule has 0 fully saturated rings. The minimum Gasteiger partial charge on any atom is -0.493 e. The van der Waals surface area contributed by atoms with Crippen molar-refractivity contribution < 1.29 is 27.7 Å². The second kappa shape index (κ2) is 12.8. The molecule has 0 saturated heterocycles. The van der Waals surface area contributed by atoms with Crippen molar-refractivity contribution in [2.24, 2.45) is 0 Å². The Balaban J connectivity index is 1.65.